The quantitative estimate of drug-likeness (QED) is 0.662. The molecule has 0 unspecified atom stereocenters. The molecule has 1 aliphatic heterocycles. The molecule has 9 heteroatoms. The molecule has 1 aromatic carbocycles. The molecule has 1 saturated heterocycles. The lowest BCUT2D eigenvalue weighted by Crippen LogP contribution is -2.41. The standard InChI is InChI=1S/C21H30BF2NO5/c1-19(2,3)28-18(26)25-13-15(22-29-20(4,5)21(6,7)30-22)11-14-9-8-10-16(12-14)27-17(23)24/h8-12,17H,13H2,1-7H3,(H,25,26). The molecule has 0 saturated carbocycles. The Hall–Kier alpha value is -2.13. The van der Waals surface area contributed by atoms with Gasteiger partial charge in [0.25, 0.3) is 0 Å². The Labute approximate surface area is 177 Å². The highest BCUT2D eigenvalue weighted by Gasteiger charge is 2.52. The number of ether oxygens (including phenoxy) is 2. The Morgan fingerprint density at radius 2 is 1.80 bits per heavy atom. The van der Waals surface area contributed by atoms with E-state index in [1.807, 2.05) is 27.7 Å². The molecule has 1 N–H and O–H groups in total. The van der Waals surface area contributed by atoms with Crippen molar-refractivity contribution in [3.63, 3.8) is 0 Å². The van der Waals surface area contributed by atoms with Gasteiger partial charge in [0.1, 0.15) is 11.4 Å². The number of alkyl halides is 2. The average Bonchev–Trinajstić information content (AvgIpc) is 2.77. The number of carbonyl (C=O) groups excluding carboxylic acids is 1. The van der Waals surface area contributed by atoms with Crippen LogP contribution in [0.4, 0.5) is 13.6 Å². The van der Waals surface area contributed by atoms with Crippen molar-refractivity contribution in [3.05, 3.63) is 35.3 Å². The molecule has 1 aromatic rings. The minimum Gasteiger partial charge on any atom is -0.444 e. The summed E-state index contributed by atoms with van der Waals surface area (Å²) in [6.45, 7) is 10.2. The van der Waals surface area contributed by atoms with E-state index in [-0.39, 0.29) is 12.3 Å². The zero-order valence-electron chi connectivity index (χ0n) is 18.5. The summed E-state index contributed by atoms with van der Waals surface area (Å²) < 4.78 is 47.0. The lowest BCUT2D eigenvalue weighted by atomic mass is 9.77. The molecule has 0 spiro atoms. The fourth-order valence-electron chi connectivity index (χ4n) is 2.68. The van der Waals surface area contributed by atoms with Crippen LogP contribution in [0.2, 0.25) is 0 Å². The zero-order chi connectivity index (χ0) is 22.7. The number of nitrogens with one attached hydrogen (secondary N) is 1. The largest absolute Gasteiger partial charge is 0.492 e. The Morgan fingerprint density at radius 1 is 1.20 bits per heavy atom. The molecular weight excluding hydrogens is 395 g/mol. The Balaban J connectivity index is 2.27. The molecule has 0 radical (unpaired) electrons. The van der Waals surface area contributed by atoms with Crippen LogP contribution in [0.15, 0.2) is 29.7 Å². The van der Waals surface area contributed by atoms with Gasteiger partial charge in [-0.3, -0.25) is 0 Å². The van der Waals surface area contributed by atoms with Crippen LogP contribution in [0.5, 0.6) is 5.75 Å². The van der Waals surface area contributed by atoms with Crippen LogP contribution in [-0.4, -0.2) is 43.2 Å². The number of benzene rings is 1. The van der Waals surface area contributed by atoms with Crippen LogP contribution in [0.1, 0.15) is 54.0 Å². The highest BCUT2D eigenvalue weighted by atomic mass is 19.3. The second kappa shape index (κ2) is 8.94. The fraction of sp³-hybridized carbons (Fsp3) is 0.571. The number of rotatable bonds is 6. The number of alkyl carbamates (subject to hydrolysis) is 1. The van der Waals surface area contributed by atoms with Gasteiger partial charge in [0, 0.05) is 6.54 Å². The van der Waals surface area contributed by atoms with Gasteiger partial charge in [-0.1, -0.05) is 18.2 Å². The van der Waals surface area contributed by atoms with Crippen molar-refractivity contribution in [2.45, 2.75) is 71.9 Å². The molecule has 0 aliphatic carbocycles. The van der Waals surface area contributed by atoms with Crippen LogP contribution in [-0.2, 0) is 14.0 Å². The molecular formula is C21H30BF2NO5. The van der Waals surface area contributed by atoms with Crippen LogP contribution < -0.4 is 10.1 Å². The van der Waals surface area contributed by atoms with E-state index in [1.165, 1.54) is 12.1 Å². The number of halogens is 2. The van der Waals surface area contributed by atoms with Crippen LogP contribution >= 0.6 is 0 Å². The molecule has 6 nitrogen and oxygen atoms in total. The molecule has 2 rings (SSSR count). The summed E-state index contributed by atoms with van der Waals surface area (Å²) in [6, 6.07) is 6.26. The first-order chi connectivity index (χ1) is 13.7. The van der Waals surface area contributed by atoms with E-state index in [2.05, 4.69) is 10.1 Å². The summed E-state index contributed by atoms with van der Waals surface area (Å²) >= 11 is 0. The average molecular weight is 425 g/mol. The molecule has 1 heterocycles. The summed E-state index contributed by atoms with van der Waals surface area (Å²) in [5.74, 6) is 0.0344. The van der Waals surface area contributed by atoms with Crippen molar-refractivity contribution in [2.24, 2.45) is 0 Å². The monoisotopic (exact) mass is 425 g/mol. The molecule has 0 atom stereocenters. The van der Waals surface area contributed by atoms with Gasteiger partial charge in [0.15, 0.2) is 0 Å². The lowest BCUT2D eigenvalue weighted by molar-refractivity contribution is -0.0498. The number of amides is 1. The van der Waals surface area contributed by atoms with Gasteiger partial charge >= 0.3 is 19.8 Å². The van der Waals surface area contributed by atoms with Crippen LogP contribution in [0.25, 0.3) is 6.08 Å². The van der Waals surface area contributed by atoms with Crippen molar-refractivity contribution in [1.29, 1.82) is 0 Å². The van der Waals surface area contributed by atoms with E-state index >= 15 is 0 Å². The van der Waals surface area contributed by atoms with E-state index in [1.54, 1.807) is 39.0 Å². The molecule has 1 fully saturated rings. The first-order valence-electron chi connectivity index (χ1n) is 9.76. The van der Waals surface area contributed by atoms with Gasteiger partial charge in [-0.15, -0.1) is 0 Å². The van der Waals surface area contributed by atoms with Crippen molar-refractivity contribution in [3.8, 4) is 5.75 Å². The Kier molecular flexibility index (Phi) is 7.19. The number of hydrogen-bond acceptors (Lipinski definition) is 5. The third kappa shape index (κ3) is 6.70. The first-order valence-corrected chi connectivity index (χ1v) is 9.76. The van der Waals surface area contributed by atoms with E-state index in [4.69, 9.17) is 14.0 Å². The summed E-state index contributed by atoms with van der Waals surface area (Å²) in [6.07, 6.45) is 1.14. The van der Waals surface area contributed by atoms with Crippen LogP contribution in [0, 0.1) is 0 Å². The minimum atomic E-state index is -2.92. The molecule has 0 bridgehead atoms. The van der Waals surface area contributed by atoms with Gasteiger partial charge in [-0.25, -0.2) is 4.79 Å². The second-order valence-corrected chi connectivity index (χ2v) is 9.11. The maximum absolute atomic E-state index is 12.5. The van der Waals surface area contributed by atoms with Crippen molar-refractivity contribution < 1.29 is 32.4 Å². The maximum Gasteiger partial charge on any atom is 0.492 e. The molecule has 1 amide bonds. The molecule has 30 heavy (non-hydrogen) atoms. The van der Waals surface area contributed by atoms with Crippen molar-refractivity contribution in [1.82, 2.24) is 5.32 Å². The second-order valence-electron chi connectivity index (χ2n) is 9.11. The normalized spacial score (nSPS) is 18.5. The van der Waals surface area contributed by atoms with Gasteiger partial charge in [-0.05, 0) is 71.6 Å². The van der Waals surface area contributed by atoms with Crippen molar-refractivity contribution in [2.75, 3.05) is 6.54 Å². The fourth-order valence-corrected chi connectivity index (χ4v) is 2.68. The third-order valence-electron chi connectivity index (χ3n) is 4.83. The topological polar surface area (TPSA) is 66.0 Å². The molecule has 1 aliphatic rings. The van der Waals surface area contributed by atoms with E-state index in [9.17, 15) is 13.6 Å². The van der Waals surface area contributed by atoms with Gasteiger partial charge in [0.05, 0.1) is 11.2 Å². The maximum atomic E-state index is 12.5. The summed E-state index contributed by atoms with van der Waals surface area (Å²) in [7, 11) is -0.732. The third-order valence-corrected chi connectivity index (χ3v) is 4.83. The summed E-state index contributed by atoms with van der Waals surface area (Å²) in [5, 5.41) is 2.70. The summed E-state index contributed by atoms with van der Waals surface area (Å²) in [4.78, 5) is 12.1. The number of hydrogen-bond donors (Lipinski definition) is 1. The SMILES string of the molecule is CC(C)(C)OC(=O)NCC(=Cc1cccc(OC(F)F)c1)B1OC(C)(C)C(C)(C)O1. The van der Waals surface area contributed by atoms with Gasteiger partial charge < -0.3 is 24.1 Å². The molecule has 166 valence electrons. The smallest absolute Gasteiger partial charge is 0.444 e. The number of carbonyl (C=O) groups is 1. The highest BCUT2D eigenvalue weighted by molar-refractivity contribution is 6.56. The van der Waals surface area contributed by atoms with Crippen LogP contribution in [0.3, 0.4) is 0 Å². The Morgan fingerprint density at radius 3 is 2.33 bits per heavy atom. The van der Waals surface area contributed by atoms with Crippen molar-refractivity contribution >= 4 is 19.3 Å². The predicted molar refractivity (Wildman–Crippen MR) is 111 cm³/mol. The van der Waals surface area contributed by atoms with Gasteiger partial charge in [-0.2, -0.15) is 8.78 Å². The zero-order valence-corrected chi connectivity index (χ0v) is 18.5. The molecule has 0 aromatic heterocycles. The van der Waals surface area contributed by atoms with E-state index < -0.39 is 36.6 Å². The lowest BCUT2D eigenvalue weighted by Gasteiger charge is -2.32. The van der Waals surface area contributed by atoms with E-state index in [0.717, 1.165) is 0 Å². The first kappa shape index (κ1) is 24.1. The minimum absolute atomic E-state index is 0.0344. The summed E-state index contributed by atoms with van der Waals surface area (Å²) in [5.41, 5.74) is -0.594. The van der Waals surface area contributed by atoms with Gasteiger partial charge in [0.2, 0.25) is 0 Å². The Bertz CT molecular complexity index is 774. The predicted octanol–water partition coefficient (Wildman–Crippen LogP) is 4.83. The highest BCUT2D eigenvalue weighted by Crippen LogP contribution is 2.38. The van der Waals surface area contributed by atoms with E-state index in [0.29, 0.717) is 11.0 Å².